The number of benzene rings is 4. The van der Waals surface area contributed by atoms with Crippen molar-refractivity contribution in [3.8, 4) is 0 Å². The van der Waals surface area contributed by atoms with Gasteiger partial charge in [-0.3, -0.25) is 19.2 Å². The van der Waals surface area contributed by atoms with E-state index in [4.69, 9.17) is 56.4 Å². The molecule has 0 radical (unpaired) electrons. The van der Waals surface area contributed by atoms with Crippen LogP contribution in [0.2, 0.25) is 10.0 Å². The maximum absolute atomic E-state index is 12.3. The molecule has 4 aromatic carbocycles. The topological polar surface area (TPSA) is 133 Å². The van der Waals surface area contributed by atoms with Gasteiger partial charge in [-0.25, -0.2) is 0 Å². The Balaban J connectivity index is 0.000000190. The van der Waals surface area contributed by atoms with Gasteiger partial charge in [-0.1, -0.05) is 118 Å². The number of hydrogen-bond donors (Lipinski definition) is 0. The summed E-state index contributed by atoms with van der Waals surface area (Å²) in [5.74, 6) is -2.27. The van der Waals surface area contributed by atoms with Gasteiger partial charge < -0.3 is 33.2 Å². The van der Waals surface area contributed by atoms with Crippen LogP contribution in [0.3, 0.4) is 0 Å². The van der Waals surface area contributed by atoms with Crippen LogP contribution in [-0.4, -0.2) is 67.6 Å². The van der Waals surface area contributed by atoms with E-state index in [9.17, 15) is 19.2 Å². The molecular formula is C65H80Cl2O11. The van der Waals surface area contributed by atoms with Crippen LogP contribution in [0.5, 0.6) is 0 Å². The maximum atomic E-state index is 12.3. The Kier molecular flexibility index (Phi) is 17.9. The monoisotopic (exact) mass is 1110 g/mol. The Hall–Kier alpha value is -4.78. The second-order valence-corrected chi connectivity index (χ2v) is 24.6. The van der Waals surface area contributed by atoms with Gasteiger partial charge >= 0.3 is 23.9 Å². The minimum atomic E-state index is -1.48. The van der Waals surface area contributed by atoms with Gasteiger partial charge in [0, 0.05) is 62.2 Å². The van der Waals surface area contributed by atoms with Gasteiger partial charge in [0.05, 0.1) is 12.2 Å². The highest BCUT2D eigenvalue weighted by molar-refractivity contribution is 6.31. The first-order chi connectivity index (χ1) is 37.3. The van der Waals surface area contributed by atoms with E-state index in [1.54, 1.807) is 0 Å². The molecule has 2 aliphatic heterocycles. The first-order valence-electron chi connectivity index (χ1n) is 28.6. The standard InChI is InChI=1S/C33H41ClO6.C32H39ClO5/c1-6-29-20(2)30(38-21(3)35)31(39-22(4)36)33(37-5,40-29)27-11-12-28(34)26(18-27)17-23-7-9-24(10-8-23)25-13-14-32(19-25)15-16-32;1-5-28-19(2)29(36-20(3)34)31(37-21(4)35)30(38-28)24-10-11-27(33)26(17-24)16-22-6-8-23(9-7-22)25-12-13-32(18-25)14-15-32/h7-12,18,20,25,29-31H,6,13-17,19H2,1-5H3;6-11,17,19,25,28-31H,5,12-16,18H2,1-4H3/t20-,25?,29-,30+,31-,33?;19-,25?,28-,29+,30+,31-/m11/s1. The molecule has 13 heteroatoms. The minimum Gasteiger partial charge on any atom is -0.458 e. The van der Waals surface area contributed by atoms with Crippen molar-refractivity contribution in [2.24, 2.45) is 22.7 Å². The normalized spacial score (nSPS) is 30.2. The van der Waals surface area contributed by atoms with Crippen molar-refractivity contribution in [1.29, 1.82) is 0 Å². The van der Waals surface area contributed by atoms with Crippen molar-refractivity contribution in [2.45, 2.75) is 206 Å². The van der Waals surface area contributed by atoms with Crippen LogP contribution < -0.4 is 0 Å². The van der Waals surface area contributed by atoms with Crippen molar-refractivity contribution in [2.75, 3.05) is 7.11 Å². The van der Waals surface area contributed by atoms with E-state index in [0.717, 1.165) is 28.7 Å². The fourth-order valence-electron chi connectivity index (χ4n) is 13.6. The predicted octanol–water partition coefficient (Wildman–Crippen LogP) is 14.4. The molecule has 0 amide bonds. The molecule has 78 heavy (non-hydrogen) atoms. The molecule has 0 bridgehead atoms. The van der Waals surface area contributed by atoms with Gasteiger partial charge in [0.1, 0.15) is 18.3 Å². The number of carbonyl (C=O) groups is 4. The molecule has 420 valence electrons. The van der Waals surface area contributed by atoms with Crippen LogP contribution in [-0.2, 0) is 71.0 Å². The Bertz CT molecular complexity index is 2790. The average molecular weight is 1110 g/mol. The third-order valence-corrected chi connectivity index (χ3v) is 19.1. The molecule has 2 heterocycles. The average Bonchev–Trinajstić information content (AvgIpc) is 4.34. The van der Waals surface area contributed by atoms with E-state index in [0.29, 0.717) is 57.5 Å². The molecule has 11 nitrogen and oxygen atoms in total. The van der Waals surface area contributed by atoms with Crippen LogP contribution in [0, 0.1) is 22.7 Å². The number of carbonyl (C=O) groups excluding carboxylic acids is 4. The number of hydrogen-bond acceptors (Lipinski definition) is 11. The zero-order valence-corrected chi connectivity index (χ0v) is 48.6. The van der Waals surface area contributed by atoms with E-state index in [-0.39, 0.29) is 24.0 Å². The van der Waals surface area contributed by atoms with Crippen molar-refractivity contribution in [3.63, 3.8) is 0 Å². The number of methoxy groups -OCH3 is 1. The lowest BCUT2D eigenvalue weighted by Gasteiger charge is -2.50. The Morgan fingerprint density at radius 3 is 1.46 bits per heavy atom. The van der Waals surface area contributed by atoms with Crippen LogP contribution >= 0.6 is 23.2 Å². The summed E-state index contributed by atoms with van der Waals surface area (Å²) in [6.07, 6.45) is 12.3. The van der Waals surface area contributed by atoms with Gasteiger partial charge in [0.25, 0.3) is 0 Å². The third-order valence-electron chi connectivity index (χ3n) is 18.3. The summed E-state index contributed by atoms with van der Waals surface area (Å²) in [6, 6.07) is 29.4. The zero-order chi connectivity index (χ0) is 55.7. The number of halogens is 2. The van der Waals surface area contributed by atoms with Gasteiger partial charge in [-0.15, -0.1) is 0 Å². The first kappa shape index (κ1) is 57.9. The van der Waals surface area contributed by atoms with Crippen LogP contribution in [0.4, 0.5) is 0 Å². The van der Waals surface area contributed by atoms with Crippen LogP contribution in [0.1, 0.15) is 195 Å². The fourth-order valence-corrected chi connectivity index (χ4v) is 14.0. The molecule has 6 aliphatic rings. The van der Waals surface area contributed by atoms with E-state index >= 15 is 0 Å². The summed E-state index contributed by atoms with van der Waals surface area (Å²) in [6.45, 7) is 13.4. The summed E-state index contributed by atoms with van der Waals surface area (Å²) in [4.78, 5) is 48.4. The van der Waals surface area contributed by atoms with E-state index in [2.05, 4.69) is 48.5 Å². The lowest BCUT2D eigenvalue weighted by Crippen LogP contribution is -2.62. The first-order valence-corrected chi connectivity index (χ1v) is 29.4. The van der Waals surface area contributed by atoms with Gasteiger partial charge in [-0.05, 0) is 170 Å². The summed E-state index contributed by atoms with van der Waals surface area (Å²) < 4.78 is 42.1. The molecule has 2 spiro atoms. The second-order valence-electron chi connectivity index (χ2n) is 23.8. The fraction of sp³-hybridized carbons (Fsp3) is 0.569. The van der Waals surface area contributed by atoms with E-state index < -0.39 is 60.2 Å². The lowest BCUT2D eigenvalue weighted by atomic mass is 9.81. The van der Waals surface area contributed by atoms with E-state index in [1.807, 2.05) is 64.1 Å². The van der Waals surface area contributed by atoms with Gasteiger partial charge in [-0.2, -0.15) is 0 Å². The van der Waals surface area contributed by atoms with Crippen LogP contribution in [0.25, 0.3) is 0 Å². The minimum absolute atomic E-state index is 0.121. The number of rotatable bonds is 15. The SMILES string of the molecule is CC[C@H]1OC(OC)(c2ccc(Cl)c(Cc3ccc(C4CCC5(CC5)C4)cc3)c2)[C@H](OC(C)=O)[C@@H](OC(C)=O)[C@@H]1C.CC[C@H]1O[C@@H](c2ccc(Cl)c(Cc3ccc(C4CCC5(CC5)C4)cc3)c2)[C@H](OC(C)=O)[C@@H](OC(C)=O)[C@@H]1C. The molecule has 2 saturated heterocycles. The molecule has 4 saturated carbocycles. The zero-order valence-electron chi connectivity index (χ0n) is 47.1. The second kappa shape index (κ2) is 24.1. The predicted molar refractivity (Wildman–Crippen MR) is 300 cm³/mol. The molecule has 3 unspecified atom stereocenters. The van der Waals surface area contributed by atoms with Crippen molar-refractivity contribution in [1.82, 2.24) is 0 Å². The van der Waals surface area contributed by atoms with Gasteiger partial charge in [0.15, 0.2) is 12.2 Å². The number of ether oxygens (including phenoxy) is 7. The highest BCUT2D eigenvalue weighted by atomic mass is 35.5. The number of esters is 4. The lowest BCUT2D eigenvalue weighted by molar-refractivity contribution is -0.356. The van der Waals surface area contributed by atoms with Crippen molar-refractivity contribution < 1.29 is 52.3 Å². The Morgan fingerprint density at radius 1 is 0.551 bits per heavy atom. The molecular weight excluding hydrogens is 1030 g/mol. The molecule has 6 fully saturated rings. The molecule has 0 aromatic heterocycles. The van der Waals surface area contributed by atoms with Gasteiger partial charge in [0.2, 0.25) is 5.79 Å². The van der Waals surface area contributed by atoms with Crippen molar-refractivity contribution >= 4 is 47.1 Å². The summed E-state index contributed by atoms with van der Waals surface area (Å²) in [5, 5.41) is 1.31. The summed E-state index contributed by atoms with van der Waals surface area (Å²) >= 11 is 13.4. The Morgan fingerprint density at radius 2 is 1.00 bits per heavy atom. The summed E-state index contributed by atoms with van der Waals surface area (Å²) in [5.41, 5.74) is 9.97. The van der Waals surface area contributed by atoms with E-state index in [1.165, 1.54) is 116 Å². The molecule has 4 aromatic rings. The highest BCUT2D eigenvalue weighted by Gasteiger charge is 2.59. The molecule has 12 atom stereocenters. The summed E-state index contributed by atoms with van der Waals surface area (Å²) in [7, 11) is 1.52. The van der Waals surface area contributed by atoms with Crippen molar-refractivity contribution in [3.05, 3.63) is 139 Å². The quantitative estimate of drug-likeness (QED) is 0.0832. The largest absolute Gasteiger partial charge is 0.458 e. The maximum Gasteiger partial charge on any atom is 0.303 e. The highest BCUT2D eigenvalue weighted by Crippen LogP contribution is 2.63. The third kappa shape index (κ3) is 12.9. The Labute approximate surface area is 472 Å². The molecule has 4 aliphatic carbocycles. The smallest absolute Gasteiger partial charge is 0.303 e. The molecule has 0 N–H and O–H groups in total. The van der Waals surface area contributed by atoms with Crippen LogP contribution in [0.15, 0.2) is 84.9 Å². The molecule has 10 rings (SSSR count).